The highest BCUT2D eigenvalue weighted by Gasteiger charge is 2.30. The first-order valence-electron chi connectivity index (χ1n) is 10.5. The summed E-state index contributed by atoms with van der Waals surface area (Å²) < 4.78 is 18.5. The summed E-state index contributed by atoms with van der Waals surface area (Å²) in [5, 5.41) is 0. The van der Waals surface area contributed by atoms with E-state index in [-0.39, 0.29) is 11.2 Å². The summed E-state index contributed by atoms with van der Waals surface area (Å²) in [6.45, 7) is 12.2. The molecule has 0 saturated carbocycles. The maximum atomic E-state index is 13.3. The van der Waals surface area contributed by atoms with Crippen LogP contribution in [0.5, 0.6) is 0 Å². The lowest BCUT2D eigenvalue weighted by Crippen LogP contribution is -2.43. The minimum Gasteiger partial charge on any atom is -0.385 e. The third kappa shape index (κ3) is 7.04. The molecule has 1 aromatic carbocycles. The van der Waals surface area contributed by atoms with Gasteiger partial charge >= 0.3 is 0 Å². The lowest BCUT2D eigenvalue weighted by Gasteiger charge is -2.40. The van der Waals surface area contributed by atoms with E-state index in [4.69, 9.17) is 4.74 Å². The molecule has 0 spiro atoms. The van der Waals surface area contributed by atoms with E-state index < -0.39 is 0 Å². The standard InChI is InChI=1S/C24H38FNO/c1-19(2)17-23(18-24(3,4)21-8-10-22(25)11-9-21)26-14-12-20(13-15-26)7-6-16-27-5/h8-11,17,20,23H,6-7,12-16,18H2,1-5H3. The van der Waals surface area contributed by atoms with Gasteiger partial charge in [0, 0.05) is 19.8 Å². The van der Waals surface area contributed by atoms with Gasteiger partial charge in [0.05, 0.1) is 0 Å². The zero-order valence-corrected chi connectivity index (χ0v) is 17.9. The number of nitrogens with zero attached hydrogens (tertiary/aromatic N) is 1. The van der Waals surface area contributed by atoms with Gasteiger partial charge in [0.2, 0.25) is 0 Å². The fraction of sp³-hybridized carbons (Fsp3) is 0.667. The van der Waals surface area contributed by atoms with Gasteiger partial charge in [-0.2, -0.15) is 0 Å². The molecule has 1 aliphatic rings. The molecule has 3 heteroatoms. The Morgan fingerprint density at radius 2 is 1.85 bits per heavy atom. The summed E-state index contributed by atoms with van der Waals surface area (Å²) in [7, 11) is 1.79. The van der Waals surface area contributed by atoms with Crippen molar-refractivity contribution in [3.8, 4) is 0 Å². The molecule has 1 atom stereocenters. The number of halogens is 1. The highest BCUT2D eigenvalue weighted by molar-refractivity contribution is 5.25. The third-order valence-corrected chi connectivity index (χ3v) is 5.95. The number of hydrogen-bond acceptors (Lipinski definition) is 2. The zero-order chi connectivity index (χ0) is 19.9. The van der Waals surface area contributed by atoms with E-state index >= 15 is 0 Å². The van der Waals surface area contributed by atoms with E-state index in [1.165, 1.54) is 49.9 Å². The number of piperidine rings is 1. The summed E-state index contributed by atoms with van der Waals surface area (Å²) in [6.07, 6.45) is 8.52. The number of rotatable bonds is 9. The highest BCUT2D eigenvalue weighted by atomic mass is 19.1. The molecule has 0 aromatic heterocycles. The molecule has 2 nitrogen and oxygen atoms in total. The van der Waals surface area contributed by atoms with Crippen molar-refractivity contribution in [2.75, 3.05) is 26.8 Å². The number of methoxy groups -OCH3 is 1. The Hall–Kier alpha value is -1.19. The summed E-state index contributed by atoms with van der Waals surface area (Å²) >= 11 is 0. The van der Waals surface area contributed by atoms with Gasteiger partial charge < -0.3 is 4.74 Å². The monoisotopic (exact) mass is 375 g/mol. The molecule has 0 radical (unpaired) electrons. The summed E-state index contributed by atoms with van der Waals surface area (Å²) in [5.41, 5.74) is 2.60. The number of hydrogen-bond donors (Lipinski definition) is 0. The van der Waals surface area contributed by atoms with Gasteiger partial charge in [-0.05, 0) is 88.1 Å². The van der Waals surface area contributed by atoms with Crippen molar-refractivity contribution in [1.29, 1.82) is 0 Å². The smallest absolute Gasteiger partial charge is 0.123 e. The van der Waals surface area contributed by atoms with Gasteiger partial charge in [-0.3, -0.25) is 4.90 Å². The quantitative estimate of drug-likeness (QED) is 0.390. The van der Waals surface area contributed by atoms with Crippen molar-refractivity contribution in [1.82, 2.24) is 4.90 Å². The molecule has 27 heavy (non-hydrogen) atoms. The SMILES string of the molecule is COCCCC1CCN(C(C=C(C)C)CC(C)(C)c2ccc(F)cc2)CC1. The Kier molecular flexibility index (Phi) is 8.50. The second-order valence-electron chi connectivity index (χ2n) is 9.02. The Bertz CT molecular complexity index is 581. The average molecular weight is 376 g/mol. The van der Waals surface area contributed by atoms with Crippen molar-refractivity contribution in [3.05, 3.63) is 47.3 Å². The molecule has 0 aliphatic carbocycles. The number of benzene rings is 1. The summed E-state index contributed by atoms with van der Waals surface area (Å²) in [5.74, 6) is 0.680. The van der Waals surface area contributed by atoms with Crippen LogP contribution in [0.4, 0.5) is 4.39 Å². The van der Waals surface area contributed by atoms with Gasteiger partial charge in [0.25, 0.3) is 0 Å². The molecule has 0 amide bonds. The van der Waals surface area contributed by atoms with Crippen LogP contribution in [0, 0.1) is 11.7 Å². The molecule has 0 bridgehead atoms. The largest absolute Gasteiger partial charge is 0.385 e. The molecule has 1 unspecified atom stereocenters. The Balaban J connectivity index is 2.01. The van der Waals surface area contributed by atoms with Crippen LogP contribution >= 0.6 is 0 Å². The zero-order valence-electron chi connectivity index (χ0n) is 17.9. The molecule has 152 valence electrons. The minimum absolute atomic E-state index is 0.0135. The molecule has 1 fully saturated rings. The first-order valence-corrected chi connectivity index (χ1v) is 10.5. The predicted molar refractivity (Wildman–Crippen MR) is 113 cm³/mol. The Labute approximate surface area is 165 Å². The number of ether oxygens (including phenoxy) is 1. The minimum atomic E-state index is -0.161. The highest BCUT2D eigenvalue weighted by Crippen LogP contribution is 2.33. The topological polar surface area (TPSA) is 12.5 Å². The summed E-state index contributed by atoms with van der Waals surface area (Å²) in [6, 6.07) is 7.49. The molecule has 1 saturated heterocycles. The van der Waals surface area contributed by atoms with Crippen LogP contribution in [0.25, 0.3) is 0 Å². The van der Waals surface area contributed by atoms with E-state index in [0.717, 1.165) is 18.9 Å². The summed E-state index contributed by atoms with van der Waals surface area (Å²) in [4.78, 5) is 2.66. The van der Waals surface area contributed by atoms with Gasteiger partial charge in [-0.25, -0.2) is 4.39 Å². The Morgan fingerprint density at radius 3 is 2.41 bits per heavy atom. The maximum absolute atomic E-state index is 13.3. The van der Waals surface area contributed by atoms with Crippen LogP contribution in [-0.2, 0) is 10.2 Å². The van der Waals surface area contributed by atoms with Crippen LogP contribution in [-0.4, -0.2) is 37.7 Å². The molecule has 2 rings (SSSR count). The molecule has 0 N–H and O–H groups in total. The van der Waals surface area contributed by atoms with Crippen molar-refractivity contribution in [2.45, 2.75) is 71.3 Å². The third-order valence-electron chi connectivity index (χ3n) is 5.95. The van der Waals surface area contributed by atoms with Gasteiger partial charge in [0.1, 0.15) is 5.82 Å². The van der Waals surface area contributed by atoms with Crippen LogP contribution in [0.2, 0.25) is 0 Å². The number of allylic oxidation sites excluding steroid dienone is 1. The molecule has 1 aliphatic heterocycles. The normalized spacial score (nSPS) is 17.7. The molecular formula is C24H38FNO. The van der Waals surface area contributed by atoms with Crippen LogP contribution in [0.15, 0.2) is 35.9 Å². The first-order chi connectivity index (χ1) is 12.8. The van der Waals surface area contributed by atoms with E-state index in [9.17, 15) is 4.39 Å². The second kappa shape index (κ2) is 10.4. The van der Waals surface area contributed by atoms with Gasteiger partial charge in [-0.15, -0.1) is 0 Å². The fourth-order valence-electron chi connectivity index (χ4n) is 4.31. The van der Waals surface area contributed by atoms with Crippen molar-refractivity contribution >= 4 is 0 Å². The van der Waals surface area contributed by atoms with Crippen LogP contribution in [0.1, 0.15) is 65.4 Å². The Morgan fingerprint density at radius 1 is 1.22 bits per heavy atom. The first kappa shape index (κ1) is 22.1. The van der Waals surface area contributed by atoms with Crippen molar-refractivity contribution in [3.63, 3.8) is 0 Å². The second-order valence-corrected chi connectivity index (χ2v) is 9.02. The van der Waals surface area contributed by atoms with Crippen molar-refractivity contribution in [2.24, 2.45) is 5.92 Å². The van der Waals surface area contributed by atoms with E-state index in [1.807, 2.05) is 12.1 Å². The predicted octanol–water partition coefficient (Wildman–Crippen LogP) is 5.97. The lowest BCUT2D eigenvalue weighted by molar-refractivity contribution is 0.124. The van der Waals surface area contributed by atoms with Gasteiger partial charge in [0.15, 0.2) is 0 Å². The molecule has 1 aromatic rings. The average Bonchev–Trinajstić information content (AvgIpc) is 2.62. The fourth-order valence-corrected chi connectivity index (χ4v) is 4.31. The number of likely N-dealkylation sites (tertiary alicyclic amines) is 1. The molecule has 1 heterocycles. The van der Waals surface area contributed by atoms with E-state index in [0.29, 0.717) is 6.04 Å². The van der Waals surface area contributed by atoms with Crippen LogP contribution in [0.3, 0.4) is 0 Å². The van der Waals surface area contributed by atoms with Gasteiger partial charge in [-0.1, -0.05) is 37.6 Å². The van der Waals surface area contributed by atoms with Crippen LogP contribution < -0.4 is 0 Å². The van der Waals surface area contributed by atoms with Crippen molar-refractivity contribution < 1.29 is 9.13 Å². The lowest BCUT2D eigenvalue weighted by atomic mass is 9.78. The van der Waals surface area contributed by atoms with E-state index in [1.54, 1.807) is 19.2 Å². The maximum Gasteiger partial charge on any atom is 0.123 e. The molecular weight excluding hydrogens is 337 g/mol. The van der Waals surface area contributed by atoms with E-state index in [2.05, 4.69) is 38.7 Å².